The third-order valence-corrected chi connectivity index (χ3v) is 4.53. The fourth-order valence-electron chi connectivity index (χ4n) is 3.16. The van der Waals surface area contributed by atoms with Crippen LogP contribution < -0.4 is 5.32 Å². The fourth-order valence-corrected chi connectivity index (χ4v) is 3.16. The maximum absolute atomic E-state index is 12.5. The zero-order chi connectivity index (χ0) is 18.5. The van der Waals surface area contributed by atoms with Gasteiger partial charge in [-0.05, 0) is 36.2 Å². The van der Waals surface area contributed by atoms with Crippen molar-refractivity contribution in [3.05, 3.63) is 90.1 Å². The molecule has 5 heteroatoms. The van der Waals surface area contributed by atoms with Gasteiger partial charge in [-0.2, -0.15) is 0 Å². The highest BCUT2D eigenvalue weighted by molar-refractivity contribution is 5.77. The normalized spacial score (nSPS) is 12.1. The number of fused-ring (bicyclic) bond motifs is 1. The third kappa shape index (κ3) is 4.26. The number of hydrogen-bond acceptors (Lipinski definition) is 3. The second-order valence-electron chi connectivity index (χ2n) is 6.53. The summed E-state index contributed by atoms with van der Waals surface area (Å²) in [5, 5.41) is 3.13. The zero-order valence-corrected chi connectivity index (χ0v) is 14.9. The molecule has 0 aliphatic rings. The number of aryl methyl sites for hydroxylation is 1. The molecule has 0 aliphatic heterocycles. The van der Waals surface area contributed by atoms with Gasteiger partial charge in [0.25, 0.3) is 0 Å². The van der Waals surface area contributed by atoms with E-state index in [1.807, 2.05) is 54.6 Å². The molecule has 1 unspecified atom stereocenters. The number of rotatable bonds is 7. The predicted molar refractivity (Wildman–Crippen MR) is 104 cm³/mol. The predicted octanol–water partition coefficient (Wildman–Crippen LogP) is 4.19. The molecule has 0 spiro atoms. The molecule has 1 amide bonds. The molecule has 0 bridgehead atoms. The Morgan fingerprint density at radius 2 is 1.85 bits per heavy atom. The van der Waals surface area contributed by atoms with Crippen molar-refractivity contribution in [3.63, 3.8) is 0 Å². The number of furan rings is 1. The number of benzene rings is 2. The summed E-state index contributed by atoms with van der Waals surface area (Å²) in [5.74, 6) is 1.56. The third-order valence-electron chi connectivity index (χ3n) is 4.53. The van der Waals surface area contributed by atoms with Crippen LogP contribution in [0.25, 0.3) is 11.0 Å². The molecule has 0 saturated carbocycles. The second-order valence-corrected chi connectivity index (χ2v) is 6.53. The Morgan fingerprint density at radius 3 is 2.63 bits per heavy atom. The van der Waals surface area contributed by atoms with E-state index in [0.717, 1.165) is 28.2 Å². The van der Waals surface area contributed by atoms with E-state index in [1.165, 1.54) is 0 Å². The van der Waals surface area contributed by atoms with Crippen molar-refractivity contribution >= 4 is 16.9 Å². The number of aromatic nitrogens is 2. The summed E-state index contributed by atoms with van der Waals surface area (Å²) >= 11 is 0. The highest BCUT2D eigenvalue weighted by atomic mass is 16.3. The quantitative estimate of drug-likeness (QED) is 0.520. The number of H-pyrrole nitrogens is 1. The molecule has 2 heterocycles. The summed E-state index contributed by atoms with van der Waals surface area (Å²) in [5.41, 5.74) is 3.01. The molecule has 2 aromatic carbocycles. The first-order valence-corrected chi connectivity index (χ1v) is 9.08. The van der Waals surface area contributed by atoms with Crippen molar-refractivity contribution in [2.45, 2.75) is 25.3 Å². The summed E-state index contributed by atoms with van der Waals surface area (Å²) in [7, 11) is 0. The molecule has 2 N–H and O–H groups in total. The Balaban J connectivity index is 1.52. The van der Waals surface area contributed by atoms with Crippen molar-refractivity contribution in [1.29, 1.82) is 0 Å². The van der Waals surface area contributed by atoms with Crippen LogP contribution in [-0.2, 0) is 17.6 Å². The van der Waals surface area contributed by atoms with Crippen molar-refractivity contribution in [2.24, 2.45) is 0 Å². The van der Waals surface area contributed by atoms with Crippen LogP contribution >= 0.6 is 0 Å². The van der Waals surface area contributed by atoms with E-state index in [9.17, 15) is 4.79 Å². The largest absolute Gasteiger partial charge is 0.469 e. The average Bonchev–Trinajstić information content (AvgIpc) is 3.36. The minimum absolute atomic E-state index is 0.0206. The molecule has 0 fully saturated rings. The van der Waals surface area contributed by atoms with Gasteiger partial charge in [0, 0.05) is 12.8 Å². The maximum Gasteiger partial charge on any atom is 0.221 e. The number of amides is 1. The Kier molecular flexibility index (Phi) is 5.01. The lowest BCUT2D eigenvalue weighted by Crippen LogP contribution is -2.30. The van der Waals surface area contributed by atoms with Crippen LogP contribution in [0.4, 0.5) is 0 Å². The average molecular weight is 359 g/mol. The standard InChI is InChI=1S/C22H21N3O2/c26-21(13-12-17-9-6-14-27-17)23-20(15-16-7-2-1-3-8-16)22-24-18-10-4-5-11-19(18)25-22/h1-11,14,20H,12-13,15H2,(H,23,26)(H,24,25). The first-order chi connectivity index (χ1) is 13.3. The number of carbonyl (C=O) groups is 1. The number of para-hydroxylation sites is 2. The Morgan fingerprint density at radius 1 is 1.04 bits per heavy atom. The van der Waals surface area contributed by atoms with E-state index in [1.54, 1.807) is 6.26 Å². The summed E-state index contributed by atoms with van der Waals surface area (Å²) in [6.07, 6.45) is 3.25. The summed E-state index contributed by atoms with van der Waals surface area (Å²) in [6, 6.07) is 21.5. The lowest BCUT2D eigenvalue weighted by atomic mass is 10.1. The molecule has 136 valence electrons. The topological polar surface area (TPSA) is 70.9 Å². The van der Waals surface area contributed by atoms with Crippen LogP contribution in [0.1, 0.15) is 29.6 Å². The molecule has 0 radical (unpaired) electrons. The maximum atomic E-state index is 12.5. The van der Waals surface area contributed by atoms with Crippen LogP contribution in [0.3, 0.4) is 0 Å². The Labute approximate surface area is 157 Å². The van der Waals surface area contributed by atoms with Crippen LogP contribution in [-0.4, -0.2) is 15.9 Å². The van der Waals surface area contributed by atoms with Crippen LogP contribution in [0.15, 0.2) is 77.4 Å². The van der Waals surface area contributed by atoms with E-state index in [2.05, 4.69) is 27.4 Å². The molecule has 5 nitrogen and oxygen atoms in total. The molecular weight excluding hydrogens is 338 g/mol. The molecule has 27 heavy (non-hydrogen) atoms. The lowest BCUT2D eigenvalue weighted by molar-refractivity contribution is -0.121. The van der Waals surface area contributed by atoms with Crippen LogP contribution in [0.5, 0.6) is 0 Å². The van der Waals surface area contributed by atoms with Gasteiger partial charge in [0.15, 0.2) is 0 Å². The van der Waals surface area contributed by atoms with Crippen molar-refractivity contribution in [1.82, 2.24) is 15.3 Å². The van der Waals surface area contributed by atoms with Gasteiger partial charge in [0.1, 0.15) is 11.6 Å². The zero-order valence-electron chi connectivity index (χ0n) is 14.9. The molecule has 4 aromatic rings. The number of imidazole rings is 1. The van der Waals surface area contributed by atoms with Gasteiger partial charge >= 0.3 is 0 Å². The highest BCUT2D eigenvalue weighted by Gasteiger charge is 2.19. The minimum atomic E-state index is -0.219. The molecular formula is C22H21N3O2. The highest BCUT2D eigenvalue weighted by Crippen LogP contribution is 2.20. The van der Waals surface area contributed by atoms with Crippen LogP contribution in [0.2, 0.25) is 0 Å². The SMILES string of the molecule is O=C(CCc1ccco1)NC(Cc1ccccc1)c1nc2ccccc2[nH]1. The smallest absolute Gasteiger partial charge is 0.221 e. The van der Waals surface area contributed by atoms with Crippen molar-refractivity contribution < 1.29 is 9.21 Å². The Bertz CT molecular complexity index is 973. The van der Waals surface area contributed by atoms with Crippen molar-refractivity contribution in [2.75, 3.05) is 0 Å². The molecule has 2 aromatic heterocycles. The first kappa shape index (κ1) is 17.1. The van der Waals surface area contributed by atoms with E-state index in [4.69, 9.17) is 4.42 Å². The fraction of sp³-hybridized carbons (Fsp3) is 0.182. The van der Waals surface area contributed by atoms with Gasteiger partial charge in [-0.3, -0.25) is 4.79 Å². The van der Waals surface area contributed by atoms with Gasteiger partial charge in [0.2, 0.25) is 5.91 Å². The summed E-state index contributed by atoms with van der Waals surface area (Å²) < 4.78 is 5.31. The molecule has 1 atom stereocenters. The summed E-state index contributed by atoms with van der Waals surface area (Å²) in [4.78, 5) is 20.6. The van der Waals surface area contributed by atoms with Crippen LogP contribution in [0, 0.1) is 0 Å². The number of carbonyl (C=O) groups excluding carboxylic acids is 1. The van der Waals surface area contributed by atoms with Gasteiger partial charge in [-0.15, -0.1) is 0 Å². The summed E-state index contributed by atoms with van der Waals surface area (Å²) in [6.45, 7) is 0. The van der Waals surface area contributed by atoms with Crippen molar-refractivity contribution in [3.8, 4) is 0 Å². The van der Waals surface area contributed by atoms with Gasteiger partial charge in [-0.25, -0.2) is 4.98 Å². The van der Waals surface area contributed by atoms with Gasteiger partial charge in [-0.1, -0.05) is 42.5 Å². The number of hydrogen-bond donors (Lipinski definition) is 2. The number of nitrogens with one attached hydrogen (secondary N) is 2. The molecule has 4 rings (SSSR count). The van der Waals surface area contributed by atoms with E-state index in [0.29, 0.717) is 19.3 Å². The van der Waals surface area contributed by atoms with Gasteiger partial charge in [0.05, 0.1) is 23.3 Å². The Hall–Kier alpha value is -3.34. The second kappa shape index (κ2) is 7.91. The van der Waals surface area contributed by atoms with E-state index >= 15 is 0 Å². The molecule has 0 saturated heterocycles. The monoisotopic (exact) mass is 359 g/mol. The van der Waals surface area contributed by atoms with E-state index < -0.39 is 0 Å². The number of nitrogens with zero attached hydrogens (tertiary/aromatic N) is 1. The first-order valence-electron chi connectivity index (χ1n) is 9.08. The lowest BCUT2D eigenvalue weighted by Gasteiger charge is -2.17. The number of aromatic amines is 1. The minimum Gasteiger partial charge on any atom is -0.469 e. The van der Waals surface area contributed by atoms with E-state index in [-0.39, 0.29) is 11.9 Å². The molecule has 0 aliphatic carbocycles. The van der Waals surface area contributed by atoms with Gasteiger partial charge < -0.3 is 14.7 Å².